The van der Waals surface area contributed by atoms with Crippen molar-refractivity contribution in [3.8, 4) is 0 Å². The maximum Gasteiger partial charge on any atom is 0.229 e. The first-order chi connectivity index (χ1) is 21.6. The summed E-state index contributed by atoms with van der Waals surface area (Å²) in [5.74, 6) is -1.29. The molecule has 1 heterocycles. The maximum absolute atomic E-state index is 13.4. The summed E-state index contributed by atoms with van der Waals surface area (Å²) in [6.07, 6.45) is -4.25. The third-order valence-corrected chi connectivity index (χ3v) is 7.49. The van der Waals surface area contributed by atoms with Crippen LogP contribution in [0.5, 0.6) is 0 Å². The fourth-order valence-corrected chi connectivity index (χ4v) is 5.20. The highest BCUT2D eigenvalue weighted by Crippen LogP contribution is 2.31. The standard InChI is InChI=1S/C37H38O7/c1-27(38)33(39)35-37(43-25-31-20-12-5-13-21-31)36(42-24-30-18-10-4-11-19-30)34(41-23-29-16-8-3-9-17-29)32(44-35)26-40-22-28-14-6-2-7-15-28/h2-21,32,34-37H,22-26H2,1H3/t32-,34-,35-,36+,37+/m1/s1. The Balaban J connectivity index is 1.46. The van der Waals surface area contributed by atoms with Crippen molar-refractivity contribution in [1.29, 1.82) is 0 Å². The maximum atomic E-state index is 13.4. The summed E-state index contributed by atoms with van der Waals surface area (Å²) >= 11 is 0. The number of ether oxygens (including phenoxy) is 5. The highest BCUT2D eigenvalue weighted by Gasteiger charge is 2.51. The van der Waals surface area contributed by atoms with Gasteiger partial charge in [-0.3, -0.25) is 9.59 Å². The van der Waals surface area contributed by atoms with E-state index in [9.17, 15) is 9.59 Å². The molecule has 5 rings (SSSR count). The molecule has 1 saturated heterocycles. The SMILES string of the molecule is CC(=O)C(=O)[C@H]1O[C@H](COCc2ccccc2)[C@@H](OCc2ccccc2)[C@H](OCc2ccccc2)[C@H]1OCc1ccccc1. The van der Waals surface area contributed by atoms with Gasteiger partial charge in [0, 0.05) is 6.92 Å². The minimum Gasteiger partial charge on any atom is -0.374 e. The number of carbonyl (C=O) groups excluding carboxylic acids is 2. The van der Waals surface area contributed by atoms with Gasteiger partial charge < -0.3 is 23.7 Å². The third-order valence-electron chi connectivity index (χ3n) is 7.49. The minimum absolute atomic E-state index is 0.118. The molecule has 7 nitrogen and oxygen atoms in total. The van der Waals surface area contributed by atoms with E-state index in [2.05, 4.69) is 0 Å². The van der Waals surface area contributed by atoms with Gasteiger partial charge in [-0.15, -0.1) is 0 Å². The molecule has 0 saturated carbocycles. The van der Waals surface area contributed by atoms with Crippen LogP contribution in [0.3, 0.4) is 0 Å². The van der Waals surface area contributed by atoms with Gasteiger partial charge in [0.25, 0.3) is 0 Å². The van der Waals surface area contributed by atoms with Gasteiger partial charge in [0.15, 0.2) is 11.9 Å². The monoisotopic (exact) mass is 594 g/mol. The number of ketones is 2. The summed E-state index contributed by atoms with van der Waals surface area (Å²) in [6, 6.07) is 39.0. The van der Waals surface area contributed by atoms with Gasteiger partial charge in [-0.1, -0.05) is 121 Å². The second-order valence-corrected chi connectivity index (χ2v) is 10.8. The topological polar surface area (TPSA) is 80.3 Å². The van der Waals surface area contributed by atoms with E-state index < -0.39 is 42.1 Å². The first-order valence-electron chi connectivity index (χ1n) is 14.9. The van der Waals surface area contributed by atoms with Crippen LogP contribution in [-0.2, 0) is 59.7 Å². The molecule has 1 aliphatic heterocycles. The Morgan fingerprint density at radius 1 is 0.545 bits per heavy atom. The number of Topliss-reactive ketones (excluding diaryl/α,β-unsaturated/α-hetero) is 2. The molecule has 228 valence electrons. The molecule has 0 aliphatic carbocycles. The molecule has 0 spiro atoms. The normalized spacial score (nSPS) is 21.5. The summed E-state index contributed by atoms with van der Waals surface area (Å²) < 4.78 is 32.1. The van der Waals surface area contributed by atoms with Crippen LogP contribution in [0.15, 0.2) is 121 Å². The van der Waals surface area contributed by atoms with Crippen molar-refractivity contribution in [2.45, 2.75) is 63.9 Å². The van der Waals surface area contributed by atoms with Crippen molar-refractivity contribution in [2.24, 2.45) is 0 Å². The average Bonchev–Trinajstić information content (AvgIpc) is 3.07. The zero-order valence-electron chi connectivity index (χ0n) is 24.8. The summed E-state index contributed by atoms with van der Waals surface area (Å²) in [4.78, 5) is 25.8. The molecule has 0 aromatic heterocycles. The van der Waals surface area contributed by atoms with Gasteiger partial charge in [0.05, 0.1) is 33.0 Å². The zero-order chi connectivity index (χ0) is 30.6. The van der Waals surface area contributed by atoms with E-state index in [1.54, 1.807) is 0 Å². The molecule has 0 radical (unpaired) electrons. The summed E-state index contributed by atoms with van der Waals surface area (Å²) in [5, 5.41) is 0. The molecule has 4 aromatic carbocycles. The molecular weight excluding hydrogens is 556 g/mol. The fourth-order valence-electron chi connectivity index (χ4n) is 5.20. The molecule has 0 N–H and O–H groups in total. The van der Waals surface area contributed by atoms with Gasteiger partial charge in [0.1, 0.15) is 24.4 Å². The molecule has 7 heteroatoms. The van der Waals surface area contributed by atoms with Crippen LogP contribution in [-0.4, -0.2) is 48.7 Å². The number of carbonyl (C=O) groups is 2. The summed E-state index contributed by atoms with van der Waals surface area (Å²) in [6.45, 7) is 2.45. The van der Waals surface area contributed by atoms with Gasteiger partial charge >= 0.3 is 0 Å². The number of hydrogen-bond acceptors (Lipinski definition) is 7. The molecule has 1 aliphatic rings. The third kappa shape index (κ3) is 8.78. The van der Waals surface area contributed by atoms with E-state index in [-0.39, 0.29) is 26.4 Å². The van der Waals surface area contributed by atoms with Crippen molar-refractivity contribution in [2.75, 3.05) is 6.61 Å². The highest BCUT2D eigenvalue weighted by molar-refractivity contribution is 6.38. The zero-order valence-corrected chi connectivity index (χ0v) is 24.8. The van der Waals surface area contributed by atoms with Gasteiger partial charge in [0.2, 0.25) is 5.78 Å². The predicted molar refractivity (Wildman–Crippen MR) is 166 cm³/mol. The van der Waals surface area contributed by atoms with E-state index in [0.29, 0.717) is 6.61 Å². The van der Waals surface area contributed by atoms with Gasteiger partial charge in [-0.05, 0) is 22.3 Å². The molecule has 0 bridgehead atoms. The second kappa shape index (κ2) is 16.2. The Labute approximate surface area is 258 Å². The van der Waals surface area contributed by atoms with Crippen molar-refractivity contribution in [3.05, 3.63) is 144 Å². The quantitative estimate of drug-likeness (QED) is 0.159. The van der Waals surface area contributed by atoms with E-state index in [1.165, 1.54) is 6.92 Å². The Morgan fingerprint density at radius 2 is 0.932 bits per heavy atom. The largest absolute Gasteiger partial charge is 0.374 e. The lowest BCUT2D eigenvalue weighted by atomic mass is 9.91. The van der Waals surface area contributed by atoms with Gasteiger partial charge in [-0.2, -0.15) is 0 Å². The van der Waals surface area contributed by atoms with Crippen LogP contribution in [0.25, 0.3) is 0 Å². The van der Waals surface area contributed by atoms with Gasteiger partial charge in [-0.25, -0.2) is 0 Å². The fraction of sp³-hybridized carbons (Fsp3) is 0.297. The lowest BCUT2D eigenvalue weighted by Gasteiger charge is -2.45. The van der Waals surface area contributed by atoms with E-state index >= 15 is 0 Å². The molecule has 0 unspecified atom stereocenters. The predicted octanol–water partition coefficient (Wildman–Crippen LogP) is 5.88. The lowest BCUT2D eigenvalue weighted by molar-refractivity contribution is -0.266. The number of benzene rings is 4. The van der Waals surface area contributed by atoms with Crippen LogP contribution < -0.4 is 0 Å². The van der Waals surface area contributed by atoms with Crippen molar-refractivity contribution >= 4 is 11.6 Å². The van der Waals surface area contributed by atoms with Crippen molar-refractivity contribution in [1.82, 2.24) is 0 Å². The minimum atomic E-state index is -1.20. The van der Waals surface area contributed by atoms with E-state index in [1.807, 2.05) is 121 Å². The molecule has 5 atom stereocenters. The van der Waals surface area contributed by atoms with Crippen LogP contribution in [0.1, 0.15) is 29.2 Å². The highest BCUT2D eigenvalue weighted by atomic mass is 16.6. The van der Waals surface area contributed by atoms with Crippen LogP contribution >= 0.6 is 0 Å². The molecule has 4 aromatic rings. The number of rotatable bonds is 15. The molecule has 1 fully saturated rings. The first kappa shape index (κ1) is 31.4. The Morgan fingerprint density at radius 3 is 1.36 bits per heavy atom. The first-order valence-corrected chi connectivity index (χ1v) is 14.9. The molecule has 44 heavy (non-hydrogen) atoms. The van der Waals surface area contributed by atoms with Crippen LogP contribution in [0.2, 0.25) is 0 Å². The average molecular weight is 595 g/mol. The Hall–Kier alpha value is -3.98. The Kier molecular flexibility index (Phi) is 11.6. The van der Waals surface area contributed by atoms with E-state index in [4.69, 9.17) is 23.7 Å². The summed E-state index contributed by atoms with van der Waals surface area (Å²) in [5.41, 5.74) is 3.84. The summed E-state index contributed by atoms with van der Waals surface area (Å²) in [7, 11) is 0. The number of hydrogen-bond donors (Lipinski definition) is 0. The lowest BCUT2D eigenvalue weighted by Crippen LogP contribution is -2.63. The molecular formula is C37H38O7. The Bertz CT molecular complexity index is 1430. The van der Waals surface area contributed by atoms with Crippen LogP contribution in [0.4, 0.5) is 0 Å². The second-order valence-electron chi connectivity index (χ2n) is 10.8. The molecule has 0 amide bonds. The smallest absolute Gasteiger partial charge is 0.229 e. The van der Waals surface area contributed by atoms with Crippen molar-refractivity contribution < 1.29 is 33.3 Å². The van der Waals surface area contributed by atoms with Crippen LogP contribution in [0, 0.1) is 0 Å². The van der Waals surface area contributed by atoms with Crippen molar-refractivity contribution in [3.63, 3.8) is 0 Å². The van der Waals surface area contributed by atoms with E-state index in [0.717, 1.165) is 22.3 Å².